The summed E-state index contributed by atoms with van der Waals surface area (Å²) in [6.07, 6.45) is 1.07. The SMILES string of the molecule is COc1cccc(CN(CCc2ccccc2)C(=O)Cc2cc(Cl)ccc2-c2ccccc2)c1. The monoisotopic (exact) mass is 469 g/mol. The molecule has 0 saturated heterocycles. The fourth-order valence-electron chi connectivity index (χ4n) is 4.07. The average Bonchev–Trinajstić information content (AvgIpc) is 2.88. The first-order valence-electron chi connectivity index (χ1n) is 11.4. The Morgan fingerprint density at radius 2 is 1.53 bits per heavy atom. The highest BCUT2D eigenvalue weighted by molar-refractivity contribution is 6.30. The average molecular weight is 470 g/mol. The number of ether oxygens (including phenoxy) is 1. The molecule has 0 heterocycles. The summed E-state index contributed by atoms with van der Waals surface area (Å²) < 4.78 is 5.38. The van der Waals surface area contributed by atoms with E-state index in [9.17, 15) is 4.79 Å². The van der Waals surface area contributed by atoms with Gasteiger partial charge in [0.1, 0.15) is 5.75 Å². The molecule has 0 radical (unpaired) electrons. The van der Waals surface area contributed by atoms with Crippen LogP contribution >= 0.6 is 11.6 Å². The van der Waals surface area contributed by atoms with Crippen molar-refractivity contribution in [2.75, 3.05) is 13.7 Å². The van der Waals surface area contributed by atoms with Gasteiger partial charge in [0.25, 0.3) is 0 Å². The first-order chi connectivity index (χ1) is 16.6. The second-order valence-corrected chi connectivity index (χ2v) is 8.68. The van der Waals surface area contributed by atoms with Crippen LogP contribution in [0.15, 0.2) is 103 Å². The lowest BCUT2D eigenvalue weighted by atomic mass is 9.97. The third-order valence-corrected chi connectivity index (χ3v) is 6.10. The number of nitrogens with zero attached hydrogens (tertiary/aromatic N) is 1. The van der Waals surface area contributed by atoms with Gasteiger partial charge in [0.15, 0.2) is 0 Å². The van der Waals surface area contributed by atoms with E-state index < -0.39 is 0 Å². The van der Waals surface area contributed by atoms with Gasteiger partial charge in [0.2, 0.25) is 5.91 Å². The zero-order valence-corrected chi connectivity index (χ0v) is 20.0. The zero-order valence-electron chi connectivity index (χ0n) is 19.3. The molecule has 0 aliphatic rings. The van der Waals surface area contributed by atoms with Crippen molar-refractivity contribution in [3.63, 3.8) is 0 Å². The summed E-state index contributed by atoms with van der Waals surface area (Å²) in [7, 11) is 1.65. The van der Waals surface area contributed by atoms with Crippen LogP contribution < -0.4 is 4.74 Å². The molecule has 0 fully saturated rings. The van der Waals surface area contributed by atoms with Gasteiger partial charge < -0.3 is 9.64 Å². The lowest BCUT2D eigenvalue weighted by molar-refractivity contribution is -0.131. The Morgan fingerprint density at radius 1 is 0.824 bits per heavy atom. The maximum absolute atomic E-state index is 13.6. The Bertz CT molecular complexity index is 1230. The maximum atomic E-state index is 13.6. The summed E-state index contributed by atoms with van der Waals surface area (Å²) in [6.45, 7) is 1.14. The summed E-state index contributed by atoms with van der Waals surface area (Å²) >= 11 is 6.33. The fraction of sp³-hybridized carbons (Fsp3) is 0.167. The van der Waals surface area contributed by atoms with E-state index in [1.807, 2.05) is 83.8 Å². The van der Waals surface area contributed by atoms with Crippen molar-refractivity contribution in [2.45, 2.75) is 19.4 Å². The predicted molar refractivity (Wildman–Crippen MR) is 139 cm³/mol. The van der Waals surface area contributed by atoms with E-state index in [4.69, 9.17) is 16.3 Å². The highest BCUT2D eigenvalue weighted by atomic mass is 35.5. The fourth-order valence-corrected chi connectivity index (χ4v) is 4.27. The van der Waals surface area contributed by atoms with Crippen LogP contribution in [-0.2, 0) is 24.2 Å². The summed E-state index contributed by atoms with van der Waals surface area (Å²) in [6, 6.07) is 34.0. The van der Waals surface area contributed by atoms with Gasteiger partial charge in [-0.15, -0.1) is 0 Å². The third-order valence-electron chi connectivity index (χ3n) is 5.87. The number of hydrogen-bond acceptors (Lipinski definition) is 2. The van der Waals surface area contributed by atoms with Crippen LogP contribution in [0.5, 0.6) is 5.75 Å². The van der Waals surface area contributed by atoms with Gasteiger partial charge in [-0.1, -0.05) is 90.5 Å². The summed E-state index contributed by atoms with van der Waals surface area (Å²) in [5, 5.41) is 0.631. The second kappa shape index (κ2) is 11.5. The molecule has 172 valence electrons. The molecular formula is C30H28ClNO2. The number of methoxy groups -OCH3 is 1. The highest BCUT2D eigenvalue weighted by Gasteiger charge is 2.18. The Labute approximate surface area is 206 Å². The molecule has 34 heavy (non-hydrogen) atoms. The minimum atomic E-state index is 0.0678. The van der Waals surface area contributed by atoms with Gasteiger partial charge in [-0.2, -0.15) is 0 Å². The van der Waals surface area contributed by atoms with E-state index in [1.165, 1.54) is 5.56 Å². The molecule has 0 bridgehead atoms. The van der Waals surface area contributed by atoms with Crippen LogP contribution in [0.25, 0.3) is 11.1 Å². The molecule has 1 amide bonds. The van der Waals surface area contributed by atoms with E-state index in [0.29, 0.717) is 18.1 Å². The number of rotatable bonds is 9. The number of carbonyl (C=O) groups excluding carboxylic acids is 1. The third kappa shape index (κ3) is 6.27. The molecule has 0 aliphatic heterocycles. The Hall–Kier alpha value is -3.56. The first-order valence-corrected chi connectivity index (χ1v) is 11.8. The number of amides is 1. The molecule has 0 saturated carbocycles. The minimum absolute atomic E-state index is 0.0678. The predicted octanol–water partition coefficient (Wildman–Crippen LogP) is 6.83. The Balaban J connectivity index is 1.59. The Morgan fingerprint density at radius 3 is 2.26 bits per heavy atom. The van der Waals surface area contributed by atoms with Crippen LogP contribution in [-0.4, -0.2) is 24.5 Å². The van der Waals surface area contributed by atoms with E-state index in [0.717, 1.165) is 34.4 Å². The lowest BCUT2D eigenvalue weighted by Crippen LogP contribution is -2.33. The molecule has 0 aromatic heterocycles. The number of benzene rings is 4. The molecule has 0 spiro atoms. The van der Waals surface area contributed by atoms with Crippen molar-refractivity contribution < 1.29 is 9.53 Å². The largest absolute Gasteiger partial charge is 0.497 e. The molecular weight excluding hydrogens is 442 g/mol. The maximum Gasteiger partial charge on any atom is 0.227 e. The minimum Gasteiger partial charge on any atom is -0.497 e. The van der Waals surface area contributed by atoms with E-state index in [-0.39, 0.29) is 12.3 Å². The molecule has 0 aliphatic carbocycles. The number of halogens is 1. The summed E-state index contributed by atoms with van der Waals surface area (Å²) in [4.78, 5) is 15.6. The van der Waals surface area contributed by atoms with Crippen LogP contribution in [0.4, 0.5) is 0 Å². The van der Waals surface area contributed by atoms with E-state index in [1.54, 1.807) is 7.11 Å². The molecule has 4 rings (SSSR count). The van der Waals surface area contributed by atoms with Gasteiger partial charge in [-0.25, -0.2) is 0 Å². The summed E-state index contributed by atoms with van der Waals surface area (Å²) in [5.74, 6) is 0.854. The second-order valence-electron chi connectivity index (χ2n) is 8.25. The molecule has 0 unspecified atom stereocenters. The van der Waals surface area contributed by atoms with Crippen molar-refractivity contribution in [3.05, 3.63) is 125 Å². The highest BCUT2D eigenvalue weighted by Crippen LogP contribution is 2.27. The normalized spacial score (nSPS) is 10.6. The van der Waals surface area contributed by atoms with Crippen LogP contribution in [0.2, 0.25) is 5.02 Å². The van der Waals surface area contributed by atoms with E-state index >= 15 is 0 Å². The van der Waals surface area contributed by atoms with Crippen LogP contribution in [0.3, 0.4) is 0 Å². The van der Waals surface area contributed by atoms with Crippen molar-refractivity contribution in [3.8, 4) is 16.9 Å². The van der Waals surface area contributed by atoms with Crippen molar-refractivity contribution in [2.24, 2.45) is 0 Å². The van der Waals surface area contributed by atoms with Crippen molar-refractivity contribution in [1.82, 2.24) is 4.90 Å². The van der Waals surface area contributed by atoms with Gasteiger partial charge in [-0.3, -0.25) is 4.79 Å². The van der Waals surface area contributed by atoms with Gasteiger partial charge in [0, 0.05) is 18.1 Å². The van der Waals surface area contributed by atoms with Gasteiger partial charge in [-0.05, 0) is 58.5 Å². The number of hydrogen-bond donors (Lipinski definition) is 0. The molecule has 4 aromatic carbocycles. The number of carbonyl (C=O) groups is 1. The summed E-state index contributed by atoms with van der Waals surface area (Å²) in [5.41, 5.74) is 5.28. The quantitative estimate of drug-likeness (QED) is 0.269. The van der Waals surface area contributed by atoms with Crippen molar-refractivity contribution in [1.29, 1.82) is 0 Å². The van der Waals surface area contributed by atoms with E-state index in [2.05, 4.69) is 24.3 Å². The van der Waals surface area contributed by atoms with Gasteiger partial charge >= 0.3 is 0 Å². The van der Waals surface area contributed by atoms with Crippen LogP contribution in [0.1, 0.15) is 16.7 Å². The standard InChI is InChI=1S/C30H28ClNO2/c1-34-28-14-8-11-24(19-28)22-32(18-17-23-9-4-2-5-10-23)30(33)21-26-20-27(31)15-16-29(26)25-12-6-3-7-13-25/h2-16,19-20H,17-18,21-22H2,1H3. The molecule has 0 atom stereocenters. The van der Waals surface area contributed by atoms with Crippen molar-refractivity contribution >= 4 is 17.5 Å². The molecule has 4 heteroatoms. The van der Waals surface area contributed by atoms with Crippen LogP contribution in [0, 0.1) is 0 Å². The molecule has 4 aromatic rings. The van der Waals surface area contributed by atoms with Gasteiger partial charge in [0.05, 0.1) is 13.5 Å². The lowest BCUT2D eigenvalue weighted by Gasteiger charge is -2.24. The Kier molecular flexibility index (Phi) is 8.00. The smallest absolute Gasteiger partial charge is 0.227 e. The first kappa shape index (κ1) is 23.6. The molecule has 3 nitrogen and oxygen atoms in total. The molecule has 0 N–H and O–H groups in total. The topological polar surface area (TPSA) is 29.5 Å². The zero-order chi connectivity index (χ0) is 23.8.